The molecule has 0 amide bonds. The summed E-state index contributed by atoms with van der Waals surface area (Å²) in [7, 11) is 1.68. The minimum Gasteiger partial charge on any atom is -0.497 e. The molecule has 0 radical (unpaired) electrons. The van der Waals surface area contributed by atoms with Gasteiger partial charge in [0.1, 0.15) is 5.75 Å². The van der Waals surface area contributed by atoms with E-state index >= 15 is 0 Å². The van der Waals surface area contributed by atoms with Crippen LogP contribution in [0.2, 0.25) is 0 Å². The Labute approximate surface area is 121 Å². The summed E-state index contributed by atoms with van der Waals surface area (Å²) in [6.45, 7) is 4.25. The van der Waals surface area contributed by atoms with E-state index in [9.17, 15) is 0 Å². The lowest BCUT2D eigenvalue weighted by Gasteiger charge is -2.09. The molecule has 0 spiro atoms. The van der Waals surface area contributed by atoms with E-state index in [0.29, 0.717) is 0 Å². The first-order valence-electron chi connectivity index (χ1n) is 6.95. The fraction of sp³-hybridized carbons (Fsp3) is 0.263. The maximum absolute atomic E-state index is 5.19. The van der Waals surface area contributed by atoms with Crippen molar-refractivity contribution in [1.82, 2.24) is 0 Å². The molecule has 0 bridgehead atoms. The summed E-state index contributed by atoms with van der Waals surface area (Å²) in [5, 5.41) is 0. The SMILES string of the molecule is CCC(C#Cc1ccc(C)cc1)c1ccc(OC)cc1. The van der Waals surface area contributed by atoms with Crippen LogP contribution in [0.1, 0.15) is 36.0 Å². The Bertz CT molecular complexity index is 597. The second-order valence-electron chi connectivity index (χ2n) is 4.87. The molecule has 1 unspecified atom stereocenters. The van der Waals surface area contributed by atoms with Crippen molar-refractivity contribution in [3.63, 3.8) is 0 Å². The number of hydrogen-bond acceptors (Lipinski definition) is 1. The van der Waals surface area contributed by atoms with Crippen LogP contribution < -0.4 is 4.74 Å². The van der Waals surface area contributed by atoms with Crippen LogP contribution in [-0.4, -0.2) is 7.11 Å². The first kappa shape index (κ1) is 14.2. The molecule has 1 heteroatoms. The van der Waals surface area contributed by atoms with Gasteiger partial charge >= 0.3 is 0 Å². The van der Waals surface area contributed by atoms with Crippen molar-refractivity contribution in [2.24, 2.45) is 0 Å². The van der Waals surface area contributed by atoms with Crippen molar-refractivity contribution in [1.29, 1.82) is 0 Å². The Morgan fingerprint density at radius 3 is 2.20 bits per heavy atom. The maximum Gasteiger partial charge on any atom is 0.118 e. The van der Waals surface area contributed by atoms with Crippen LogP contribution in [0.15, 0.2) is 48.5 Å². The third-order valence-electron chi connectivity index (χ3n) is 3.37. The van der Waals surface area contributed by atoms with Crippen molar-refractivity contribution in [3.05, 3.63) is 65.2 Å². The summed E-state index contributed by atoms with van der Waals surface area (Å²) in [5.41, 5.74) is 3.58. The van der Waals surface area contributed by atoms with Crippen LogP contribution in [0.25, 0.3) is 0 Å². The van der Waals surface area contributed by atoms with Gasteiger partial charge < -0.3 is 4.74 Å². The van der Waals surface area contributed by atoms with Crippen molar-refractivity contribution in [3.8, 4) is 17.6 Å². The largest absolute Gasteiger partial charge is 0.497 e. The molecule has 2 rings (SSSR count). The second-order valence-corrected chi connectivity index (χ2v) is 4.87. The van der Waals surface area contributed by atoms with E-state index in [0.717, 1.165) is 17.7 Å². The van der Waals surface area contributed by atoms with Crippen LogP contribution in [0.5, 0.6) is 5.75 Å². The van der Waals surface area contributed by atoms with E-state index in [2.05, 4.69) is 62.1 Å². The van der Waals surface area contributed by atoms with Crippen molar-refractivity contribution in [2.75, 3.05) is 7.11 Å². The number of benzene rings is 2. The van der Waals surface area contributed by atoms with Gasteiger partial charge in [-0.2, -0.15) is 0 Å². The Morgan fingerprint density at radius 2 is 1.65 bits per heavy atom. The summed E-state index contributed by atoms with van der Waals surface area (Å²) < 4.78 is 5.19. The predicted molar refractivity (Wildman–Crippen MR) is 84.1 cm³/mol. The summed E-state index contributed by atoms with van der Waals surface area (Å²) in [6.07, 6.45) is 1.01. The third kappa shape index (κ3) is 3.65. The molecular formula is C19H20O. The zero-order valence-corrected chi connectivity index (χ0v) is 12.3. The summed E-state index contributed by atoms with van der Waals surface area (Å²) in [5.74, 6) is 7.79. The van der Waals surface area contributed by atoms with E-state index in [1.54, 1.807) is 7.11 Å². The van der Waals surface area contributed by atoms with E-state index in [1.807, 2.05) is 12.1 Å². The Morgan fingerprint density at radius 1 is 1.00 bits per heavy atom. The second kappa shape index (κ2) is 6.82. The lowest BCUT2D eigenvalue weighted by molar-refractivity contribution is 0.414. The smallest absolute Gasteiger partial charge is 0.118 e. The minimum atomic E-state index is 0.266. The Kier molecular flexibility index (Phi) is 4.85. The quantitative estimate of drug-likeness (QED) is 0.739. The van der Waals surface area contributed by atoms with Gasteiger partial charge in [-0.1, -0.05) is 48.6 Å². The van der Waals surface area contributed by atoms with Gasteiger partial charge in [0.15, 0.2) is 0 Å². The molecule has 102 valence electrons. The molecule has 0 fully saturated rings. The first-order chi connectivity index (χ1) is 9.72. The molecule has 0 heterocycles. The number of rotatable bonds is 3. The highest BCUT2D eigenvalue weighted by Crippen LogP contribution is 2.21. The summed E-state index contributed by atoms with van der Waals surface area (Å²) >= 11 is 0. The number of ether oxygens (including phenoxy) is 1. The fourth-order valence-corrected chi connectivity index (χ4v) is 2.06. The molecule has 20 heavy (non-hydrogen) atoms. The maximum atomic E-state index is 5.19. The number of methoxy groups -OCH3 is 1. The van der Waals surface area contributed by atoms with Crippen LogP contribution in [-0.2, 0) is 0 Å². The van der Waals surface area contributed by atoms with Gasteiger partial charge in [0.2, 0.25) is 0 Å². The molecule has 1 atom stereocenters. The molecule has 0 saturated carbocycles. The lowest BCUT2D eigenvalue weighted by Crippen LogP contribution is -1.94. The van der Waals surface area contributed by atoms with E-state index in [1.165, 1.54) is 11.1 Å². The predicted octanol–water partition coefficient (Wildman–Crippen LogP) is 4.55. The molecule has 2 aromatic carbocycles. The van der Waals surface area contributed by atoms with E-state index in [4.69, 9.17) is 4.74 Å². The van der Waals surface area contributed by atoms with Crippen molar-refractivity contribution < 1.29 is 4.74 Å². The molecule has 2 aromatic rings. The standard InChI is InChI=1S/C19H20O/c1-4-17(18-11-13-19(20-3)14-12-18)10-9-16-7-5-15(2)6-8-16/h5-8,11-14,17H,4H2,1-3H3. The van der Waals surface area contributed by atoms with Crippen molar-refractivity contribution in [2.45, 2.75) is 26.2 Å². The number of aryl methyl sites for hydroxylation is 1. The molecule has 0 aliphatic heterocycles. The molecule has 1 nitrogen and oxygen atoms in total. The average Bonchev–Trinajstić information content (AvgIpc) is 2.50. The molecule has 0 saturated heterocycles. The van der Waals surface area contributed by atoms with Crippen molar-refractivity contribution >= 4 is 0 Å². The van der Waals surface area contributed by atoms with Gasteiger partial charge in [-0.3, -0.25) is 0 Å². The van der Waals surface area contributed by atoms with E-state index in [-0.39, 0.29) is 5.92 Å². The van der Waals surface area contributed by atoms with Crippen LogP contribution in [0.3, 0.4) is 0 Å². The van der Waals surface area contributed by atoms with Gasteiger partial charge in [0.05, 0.1) is 7.11 Å². The Balaban J connectivity index is 2.18. The van der Waals surface area contributed by atoms with Gasteiger partial charge in [0, 0.05) is 11.5 Å². The minimum absolute atomic E-state index is 0.266. The first-order valence-corrected chi connectivity index (χ1v) is 6.95. The molecule has 0 aromatic heterocycles. The average molecular weight is 264 g/mol. The summed E-state index contributed by atoms with van der Waals surface area (Å²) in [4.78, 5) is 0. The third-order valence-corrected chi connectivity index (χ3v) is 3.37. The van der Waals surface area contributed by atoms with Gasteiger partial charge in [0.25, 0.3) is 0 Å². The van der Waals surface area contributed by atoms with Gasteiger partial charge in [-0.15, -0.1) is 0 Å². The highest BCUT2D eigenvalue weighted by Gasteiger charge is 2.05. The topological polar surface area (TPSA) is 9.23 Å². The van der Waals surface area contributed by atoms with E-state index < -0.39 is 0 Å². The molecule has 0 aliphatic carbocycles. The zero-order chi connectivity index (χ0) is 14.4. The van der Waals surface area contributed by atoms with Crippen LogP contribution in [0, 0.1) is 18.8 Å². The zero-order valence-electron chi connectivity index (χ0n) is 12.3. The monoisotopic (exact) mass is 264 g/mol. The highest BCUT2D eigenvalue weighted by molar-refractivity contribution is 5.40. The van der Waals surface area contributed by atoms with Crippen LogP contribution in [0.4, 0.5) is 0 Å². The van der Waals surface area contributed by atoms with Gasteiger partial charge in [-0.05, 0) is 43.2 Å². The molecular weight excluding hydrogens is 244 g/mol. The Hall–Kier alpha value is -2.20. The molecule has 0 N–H and O–H groups in total. The highest BCUT2D eigenvalue weighted by atomic mass is 16.5. The van der Waals surface area contributed by atoms with Crippen LogP contribution >= 0.6 is 0 Å². The normalized spacial score (nSPS) is 11.3. The van der Waals surface area contributed by atoms with Gasteiger partial charge in [-0.25, -0.2) is 0 Å². The summed E-state index contributed by atoms with van der Waals surface area (Å²) in [6, 6.07) is 16.5. The lowest BCUT2D eigenvalue weighted by atomic mass is 9.96. The molecule has 0 aliphatic rings. The fourth-order valence-electron chi connectivity index (χ4n) is 2.06. The number of hydrogen-bond donors (Lipinski definition) is 0.